The van der Waals surface area contributed by atoms with E-state index in [9.17, 15) is 13.2 Å². The predicted molar refractivity (Wildman–Crippen MR) is 81.1 cm³/mol. The molecule has 5 nitrogen and oxygen atoms in total. The van der Waals surface area contributed by atoms with Crippen LogP contribution in [0.25, 0.3) is 0 Å². The highest BCUT2D eigenvalue weighted by atomic mass is 32.2. The van der Waals surface area contributed by atoms with E-state index in [4.69, 9.17) is 0 Å². The molecule has 0 spiro atoms. The first kappa shape index (κ1) is 15.3. The minimum absolute atomic E-state index is 0.139. The molecule has 0 saturated heterocycles. The summed E-state index contributed by atoms with van der Waals surface area (Å²) in [5.74, 6) is 2.34. The van der Waals surface area contributed by atoms with Crippen molar-refractivity contribution < 1.29 is 13.2 Å². The molecule has 2 N–H and O–H groups in total. The van der Waals surface area contributed by atoms with Crippen LogP contribution in [0.1, 0.15) is 45.4 Å². The summed E-state index contributed by atoms with van der Waals surface area (Å²) in [6.45, 7) is 1.95. The van der Waals surface area contributed by atoms with Gasteiger partial charge in [-0.15, -0.1) is 0 Å². The van der Waals surface area contributed by atoms with Crippen molar-refractivity contribution in [3.63, 3.8) is 0 Å². The van der Waals surface area contributed by atoms with Crippen molar-refractivity contribution in [1.29, 1.82) is 0 Å². The zero-order chi connectivity index (χ0) is 15.3. The summed E-state index contributed by atoms with van der Waals surface area (Å²) in [5.41, 5.74) is 0.259. The lowest BCUT2D eigenvalue weighted by Crippen LogP contribution is -2.56. The van der Waals surface area contributed by atoms with Gasteiger partial charge in [0.05, 0.1) is 12.8 Å². The smallest absolute Gasteiger partial charge is 0.235 e. The van der Waals surface area contributed by atoms with Crippen molar-refractivity contribution in [1.82, 2.24) is 10.0 Å². The van der Waals surface area contributed by atoms with Crippen molar-refractivity contribution in [2.45, 2.75) is 51.5 Å². The molecule has 120 valence electrons. The first-order valence-corrected chi connectivity index (χ1v) is 9.89. The van der Waals surface area contributed by atoms with Crippen LogP contribution in [0.4, 0.5) is 0 Å². The molecule has 0 aromatic carbocycles. The van der Waals surface area contributed by atoms with Gasteiger partial charge in [-0.25, -0.2) is 13.1 Å². The molecule has 4 bridgehead atoms. The summed E-state index contributed by atoms with van der Waals surface area (Å²) in [5, 5.41) is 3.04. The van der Waals surface area contributed by atoms with Gasteiger partial charge >= 0.3 is 0 Å². The summed E-state index contributed by atoms with van der Waals surface area (Å²) >= 11 is 0. The Morgan fingerprint density at radius 1 is 1.14 bits per heavy atom. The molecule has 0 radical (unpaired) electrons. The second-order valence-corrected chi connectivity index (χ2v) is 9.50. The molecule has 6 heteroatoms. The van der Waals surface area contributed by atoms with E-state index in [1.54, 1.807) is 0 Å². The number of amides is 1. The van der Waals surface area contributed by atoms with E-state index < -0.39 is 10.0 Å². The molecule has 21 heavy (non-hydrogen) atoms. The number of hydrogen-bond donors (Lipinski definition) is 2. The summed E-state index contributed by atoms with van der Waals surface area (Å²) in [4.78, 5) is 12.0. The highest BCUT2D eigenvalue weighted by Crippen LogP contribution is 2.61. The largest absolute Gasteiger partial charge is 0.352 e. The summed E-state index contributed by atoms with van der Waals surface area (Å²) < 4.78 is 24.4. The maximum Gasteiger partial charge on any atom is 0.235 e. The van der Waals surface area contributed by atoms with Crippen LogP contribution in [0.2, 0.25) is 0 Å². The molecule has 0 aromatic heterocycles. The van der Waals surface area contributed by atoms with E-state index in [0.29, 0.717) is 0 Å². The van der Waals surface area contributed by atoms with Gasteiger partial charge in [-0.2, -0.15) is 0 Å². The van der Waals surface area contributed by atoms with E-state index >= 15 is 0 Å². The Morgan fingerprint density at radius 3 is 2.05 bits per heavy atom. The first-order chi connectivity index (χ1) is 9.76. The van der Waals surface area contributed by atoms with Gasteiger partial charge in [0.15, 0.2) is 0 Å². The van der Waals surface area contributed by atoms with Gasteiger partial charge < -0.3 is 5.32 Å². The zero-order valence-electron chi connectivity index (χ0n) is 12.9. The molecular weight excluding hydrogens is 288 g/mol. The Balaban J connectivity index is 1.60. The molecule has 1 atom stereocenters. The topological polar surface area (TPSA) is 75.3 Å². The molecule has 0 unspecified atom stereocenters. The van der Waals surface area contributed by atoms with Crippen LogP contribution in [0, 0.1) is 23.2 Å². The van der Waals surface area contributed by atoms with Gasteiger partial charge in [0, 0.05) is 6.04 Å². The number of sulfonamides is 1. The second kappa shape index (κ2) is 5.23. The van der Waals surface area contributed by atoms with Crippen LogP contribution in [0.3, 0.4) is 0 Å². The third-order valence-electron chi connectivity index (χ3n) is 5.88. The SMILES string of the molecule is C[C@@H](NC(=O)CNS(C)(=O)=O)C12CC3CC(CC(C3)C1)C2. The highest BCUT2D eigenvalue weighted by molar-refractivity contribution is 7.88. The van der Waals surface area contributed by atoms with Crippen LogP contribution in [-0.2, 0) is 14.8 Å². The maximum absolute atomic E-state index is 12.0. The fourth-order valence-electron chi connectivity index (χ4n) is 5.35. The number of rotatable bonds is 5. The van der Waals surface area contributed by atoms with E-state index in [2.05, 4.69) is 17.0 Å². The Labute approximate surface area is 127 Å². The third kappa shape index (κ3) is 3.26. The fraction of sp³-hybridized carbons (Fsp3) is 0.933. The normalized spacial score (nSPS) is 39.2. The van der Waals surface area contributed by atoms with E-state index in [1.807, 2.05) is 0 Å². The quantitative estimate of drug-likeness (QED) is 0.802. The van der Waals surface area contributed by atoms with Crippen LogP contribution < -0.4 is 10.0 Å². The Bertz CT molecular complexity index is 494. The average molecular weight is 314 g/mol. The monoisotopic (exact) mass is 314 g/mol. The number of carbonyl (C=O) groups excluding carboxylic acids is 1. The molecule has 1 amide bonds. The second-order valence-electron chi connectivity index (χ2n) is 7.66. The van der Waals surface area contributed by atoms with Crippen LogP contribution in [0.5, 0.6) is 0 Å². The standard InChI is InChI=1S/C15H26N2O3S/c1-10(17-14(18)9-16-21(2,19)20)15-6-11-3-12(7-15)5-13(4-11)8-15/h10-13,16H,3-9H2,1-2H3,(H,17,18)/t10-,11?,12?,13?,15?/m1/s1. The van der Waals surface area contributed by atoms with Gasteiger partial charge in [-0.1, -0.05) is 0 Å². The molecule has 4 aliphatic carbocycles. The van der Waals surface area contributed by atoms with Crippen molar-refractivity contribution in [3.05, 3.63) is 0 Å². The van der Waals surface area contributed by atoms with Crippen molar-refractivity contribution in [3.8, 4) is 0 Å². The van der Waals surface area contributed by atoms with Gasteiger partial charge in [0.25, 0.3) is 0 Å². The molecular formula is C15H26N2O3S. The minimum atomic E-state index is -3.31. The van der Waals surface area contributed by atoms with Gasteiger partial charge in [-0.3, -0.25) is 4.79 Å². The van der Waals surface area contributed by atoms with Crippen molar-refractivity contribution in [2.75, 3.05) is 12.8 Å². The Kier molecular flexibility index (Phi) is 3.81. The van der Waals surface area contributed by atoms with E-state index in [1.165, 1.54) is 38.5 Å². The average Bonchev–Trinajstić information content (AvgIpc) is 2.34. The zero-order valence-corrected chi connectivity index (χ0v) is 13.7. The van der Waals surface area contributed by atoms with E-state index in [0.717, 1.165) is 24.0 Å². The highest BCUT2D eigenvalue weighted by Gasteiger charge is 2.53. The summed E-state index contributed by atoms with van der Waals surface area (Å²) in [6.07, 6.45) is 8.93. The molecule has 4 fully saturated rings. The minimum Gasteiger partial charge on any atom is -0.352 e. The van der Waals surface area contributed by atoms with Gasteiger partial charge in [0.1, 0.15) is 0 Å². The lowest BCUT2D eigenvalue weighted by molar-refractivity contribution is -0.124. The molecule has 4 saturated carbocycles. The number of carbonyl (C=O) groups is 1. The number of hydrogen-bond acceptors (Lipinski definition) is 3. The first-order valence-electron chi connectivity index (χ1n) is 8.00. The fourth-order valence-corrected chi connectivity index (χ4v) is 5.74. The summed E-state index contributed by atoms with van der Waals surface area (Å²) in [6, 6.07) is 0.139. The van der Waals surface area contributed by atoms with Crippen LogP contribution in [-0.4, -0.2) is 33.2 Å². The van der Waals surface area contributed by atoms with Crippen molar-refractivity contribution in [2.24, 2.45) is 23.2 Å². The Hall–Kier alpha value is -0.620. The lowest BCUT2D eigenvalue weighted by atomic mass is 9.48. The van der Waals surface area contributed by atoms with Gasteiger partial charge in [0.2, 0.25) is 15.9 Å². The molecule has 4 aliphatic rings. The van der Waals surface area contributed by atoms with Gasteiger partial charge in [-0.05, 0) is 68.6 Å². The van der Waals surface area contributed by atoms with Crippen LogP contribution >= 0.6 is 0 Å². The lowest BCUT2D eigenvalue weighted by Gasteiger charge is -2.59. The van der Waals surface area contributed by atoms with Crippen LogP contribution in [0.15, 0.2) is 0 Å². The molecule has 0 aromatic rings. The predicted octanol–water partition coefficient (Wildman–Crippen LogP) is 1.26. The van der Waals surface area contributed by atoms with Crippen molar-refractivity contribution >= 4 is 15.9 Å². The molecule has 4 rings (SSSR count). The number of nitrogens with one attached hydrogen (secondary N) is 2. The molecule has 0 heterocycles. The Morgan fingerprint density at radius 2 is 1.62 bits per heavy atom. The molecule has 0 aliphatic heterocycles. The third-order valence-corrected chi connectivity index (χ3v) is 6.55. The summed E-state index contributed by atoms with van der Waals surface area (Å²) in [7, 11) is -3.31. The van der Waals surface area contributed by atoms with E-state index in [-0.39, 0.29) is 23.9 Å². The maximum atomic E-state index is 12.0.